The van der Waals surface area contributed by atoms with E-state index in [1.165, 1.54) is 0 Å². The van der Waals surface area contributed by atoms with Crippen molar-refractivity contribution in [3.8, 4) is 0 Å². The number of amides is 1. The van der Waals surface area contributed by atoms with Crippen molar-refractivity contribution < 1.29 is 14.1 Å². The number of rotatable bonds is 6. The van der Waals surface area contributed by atoms with Crippen LogP contribution in [-0.2, 0) is 22.4 Å². The molecule has 0 unspecified atom stereocenters. The van der Waals surface area contributed by atoms with Gasteiger partial charge in [0.2, 0.25) is 11.8 Å². The van der Waals surface area contributed by atoms with E-state index in [0.717, 1.165) is 81.4 Å². The van der Waals surface area contributed by atoms with Gasteiger partial charge in [-0.1, -0.05) is 11.2 Å². The van der Waals surface area contributed by atoms with Crippen LogP contribution in [0.15, 0.2) is 22.0 Å². The first-order valence-corrected chi connectivity index (χ1v) is 10.9. The average molecular weight is 390 g/mol. The summed E-state index contributed by atoms with van der Waals surface area (Å²) in [4.78, 5) is 20.2. The summed E-state index contributed by atoms with van der Waals surface area (Å²) in [5.41, 5.74) is 0. The number of carbonyl (C=O) groups is 1. The Morgan fingerprint density at radius 3 is 2.78 bits per heavy atom. The molecule has 0 bridgehead atoms. The molecule has 27 heavy (non-hydrogen) atoms. The van der Waals surface area contributed by atoms with Gasteiger partial charge in [0.05, 0.1) is 6.42 Å². The van der Waals surface area contributed by atoms with Crippen LogP contribution in [0.5, 0.6) is 0 Å². The van der Waals surface area contributed by atoms with Crippen LogP contribution in [0.1, 0.15) is 54.6 Å². The van der Waals surface area contributed by atoms with Crippen molar-refractivity contribution in [1.82, 2.24) is 15.0 Å². The molecule has 7 heteroatoms. The largest absolute Gasteiger partial charge is 0.381 e. The van der Waals surface area contributed by atoms with Gasteiger partial charge in [0.25, 0.3) is 0 Å². The monoisotopic (exact) mass is 389 g/mol. The summed E-state index contributed by atoms with van der Waals surface area (Å²) in [5.74, 6) is 2.86. The number of thiophene rings is 1. The molecule has 1 amide bonds. The van der Waals surface area contributed by atoms with E-state index in [1.807, 2.05) is 22.4 Å². The number of aryl methyl sites for hydroxylation is 1. The van der Waals surface area contributed by atoms with E-state index in [-0.39, 0.29) is 5.91 Å². The number of carbonyl (C=O) groups excluding carboxylic acids is 1. The van der Waals surface area contributed by atoms with Crippen LogP contribution >= 0.6 is 11.3 Å². The molecule has 2 aromatic rings. The van der Waals surface area contributed by atoms with Crippen LogP contribution in [0.4, 0.5) is 0 Å². The minimum Gasteiger partial charge on any atom is -0.381 e. The Balaban J connectivity index is 1.19. The molecule has 0 aliphatic carbocycles. The molecule has 0 atom stereocenters. The van der Waals surface area contributed by atoms with Gasteiger partial charge in [-0.3, -0.25) is 4.79 Å². The summed E-state index contributed by atoms with van der Waals surface area (Å²) in [7, 11) is 0. The highest BCUT2D eigenvalue weighted by Crippen LogP contribution is 2.26. The molecule has 0 saturated carbocycles. The highest BCUT2D eigenvalue weighted by Gasteiger charge is 2.25. The summed E-state index contributed by atoms with van der Waals surface area (Å²) < 4.78 is 10.9. The maximum absolute atomic E-state index is 12.4. The molecule has 0 radical (unpaired) electrons. The van der Waals surface area contributed by atoms with Gasteiger partial charge < -0.3 is 14.2 Å². The number of hydrogen-bond acceptors (Lipinski definition) is 6. The van der Waals surface area contributed by atoms with E-state index < -0.39 is 0 Å². The Bertz CT molecular complexity index is 717. The van der Waals surface area contributed by atoms with Crippen molar-refractivity contribution >= 4 is 17.2 Å². The molecule has 2 saturated heterocycles. The van der Waals surface area contributed by atoms with Crippen molar-refractivity contribution in [2.45, 2.75) is 50.9 Å². The molecule has 6 nitrogen and oxygen atoms in total. The van der Waals surface area contributed by atoms with E-state index in [0.29, 0.717) is 18.3 Å². The van der Waals surface area contributed by atoms with Gasteiger partial charge in [-0.2, -0.15) is 4.98 Å². The first-order valence-electron chi connectivity index (χ1n) is 9.98. The summed E-state index contributed by atoms with van der Waals surface area (Å²) in [5, 5.41) is 6.20. The number of aromatic nitrogens is 2. The van der Waals surface area contributed by atoms with Crippen molar-refractivity contribution in [2.24, 2.45) is 5.92 Å². The first-order chi connectivity index (χ1) is 13.3. The van der Waals surface area contributed by atoms with Gasteiger partial charge in [0, 0.05) is 43.5 Å². The summed E-state index contributed by atoms with van der Waals surface area (Å²) >= 11 is 1.66. The number of ether oxygens (including phenoxy) is 1. The van der Waals surface area contributed by atoms with E-state index in [4.69, 9.17) is 9.26 Å². The minimum atomic E-state index is 0.259. The second-order valence-corrected chi connectivity index (χ2v) is 8.59. The van der Waals surface area contributed by atoms with Gasteiger partial charge in [-0.05, 0) is 49.5 Å². The van der Waals surface area contributed by atoms with Crippen molar-refractivity contribution in [3.05, 3.63) is 34.1 Å². The zero-order valence-corrected chi connectivity index (χ0v) is 16.5. The fourth-order valence-corrected chi connectivity index (χ4v) is 4.65. The molecule has 2 aliphatic rings. The van der Waals surface area contributed by atoms with E-state index in [1.54, 1.807) is 11.3 Å². The Kier molecular flexibility index (Phi) is 6.19. The van der Waals surface area contributed by atoms with Crippen LogP contribution in [-0.4, -0.2) is 47.3 Å². The zero-order chi connectivity index (χ0) is 18.5. The Labute approximate surface area is 163 Å². The van der Waals surface area contributed by atoms with Gasteiger partial charge in [0.1, 0.15) is 0 Å². The van der Waals surface area contributed by atoms with E-state index in [2.05, 4.69) is 10.1 Å². The maximum Gasteiger partial charge on any atom is 0.229 e. The number of nitrogens with zero attached hydrogens (tertiary/aromatic N) is 3. The predicted octanol–water partition coefficient (Wildman–Crippen LogP) is 3.44. The third-order valence-electron chi connectivity index (χ3n) is 5.70. The van der Waals surface area contributed by atoms with E-state index in [9.17, 15) is 4.79 Å². The average Bonchev–Trinajstić information content (AvgIpc) is 3.39. The molecular weight excluding hydrogens is 362 g/mol. The fraction of sp³-hybridized carbons (Fsp3) is 0.650. The quantitative estimate of drug-likeness (QED) is 0.757. The summed E-state index contributed by atoms with van der Waals surface area (Å²) in [6, 6.07) is 4.04. The van der Waals surface area contributed by atoms with Crippen LogP contribution in [0.3, 0.4) is 0 Å². The number of piperidine rings is 1. The molecule has 4 rings (SSSR count). The molecule has 2 fully saturated rings. The SMILES string of the molecule is O=C(Cc1cccs1)N1CCC(CCc2noc(C3CCOCC3)n2)CC1. The number of hydrogen-bond donors (Lipinski definition) is 0. The fourth-order valence-electron chi connectivity index (χ4n) is 3.96. The lowest BCUT2D eigenvalue weighted by atomic mass is 9.92. The van der Waals surface area contributed by atoms with Crippen LogP contribution in [0.25, 0.3) is 0 Å². The Hall–Kier alpha value is -1.73. The first kappa shape index (κ1) is 18.6. The van der Waals surface area contributed by atoms with Crippen molar-refractivity contribution in [2.75, 3.05) is 26.3 Å². The summed E-state index contributed by atoms with van der Waals surface area (Å²) in [6.07, 6.45) is 6.56. The molecule has 2 aliphatic heterocycles. The zero-order valence-electron chi connectivity index (χ0n) is 15.6. The lowest BCUT2D eigenvalue weighted by Crippen LogP contribution is -2.39. The molecule has 0 spiro atoms. The maximum atomic E-state index is 12.4. The molecule has 0 aromatic carbocycles. The van der Waals surface area contributed by atoms with Gasteiger partial charge in [0.15, 0.2) is 5.82 Å². The third-order valence-corrected chi connectivity index (χ3v) is 6.58. The highest BCUT2D eigenvalue weighted by molar-refractivity contribution is 7.10. The number of likely N-dealkylation sites (tertiary alicyclic amines) is 1. The molecule has 2 aromatic heterocycles. The third kappa shape index (κ3) is 4.96. The smallest absolute Gasteiger partial charge is 0.229 e. The van der Waals surface area contributed by atoms with Gasteiger partial charge >= 0.3 is 0 Å². The highest BCUT2D eigenvalue weighted by atomic mass is 32.1. The van der Waals surface area contributed by atoms with Crippen LogP contribution in [0, 0.1) is 5.92 Å². The molecule has 146 valence electrons. The van der Waals surface area contributed by atoms with Gasteiger partial charge in [-0.25, -0.2) is 0 Å². The summed E-state index contributed by atoms with van der Waals surface area (Å²) in [6.45, 7) is 3.31. The minimum absolute atomic E-state index is 0.259. The molecule has 0 N–H and O–H groups in total. The van der Waals surface area contributed by atoms with Crippen LogP contribution in [0.2, 0.25) is 0 Å². The lowest BCUT2D eigenvalue weighted by Gasteiger charge is -2.32. The second-order valence-electron chi connectivity index (χ2n) is 7.55. The van der Waals surface area contributed by atoms with Crippen molar-refractivity contribution in [1.29, 1.82) is 0 Å². The second kappa shape index (κ2) is 8.97. The van der Waals surface area contributed by atoms with Crippen LogP contribution < -0.4 is 0 Å². The molecule has 4 heterocycles. The van der Waals surface area contributed by atoms with Crippen molar-refractivity contribution in [3.63, 3.8) is 0 Å². The topological polar surface area (TPSA) is 68.5 Å². The lowest BCUT2D eigenvalue weighted by molar-refractivity contribution is -0.131. The standard InChI is InChI=1S/C20H27N3O3S/c24-19(14-17-2-1-13-27-17)23-9-5-15(6-10-23)3-4-18-21-20(26-22-18)16-7-11-25-12-8-16/h1-2,13,15-16H,3-12,14H2. The van der Waals surface area contributed by atoms with E-state index >= 15 is 0 Å². The predicted molar refractivity (Wildman–Crippen MR) is 103 cm³/mol. The molecular formula is C20H27N3O3S. The normalized spacial score (nSPS) is 19.5. The van der Waals surface area contributed by atoms with Gasteiger partial charge in [-0.15, -0.1) is 11.3 Å². The Morgan fingerprint density at radius 1 is 1.22 bits per heavy atom. The Morgan fingerprint density at radius 2 is 2.04 bits per heavy atom.